The molecule has 286 valence electrons. The predicted octanol–water partition coefficient (Wildman–Crippen LogP) is 11.1. The molecule has 8 nitrogen and oxygen atoms in total. The molecule has 8 heteroatoms. The van der Waals surface area contributed by atoms with Crippen LogP contribution in [0.1, 0.15) is 123 Å². The van der Waals surface area contributed by atoms with Gasteiger partial charge < -0.3 is 18.9 Å². The zero-order valence-corrected chi connectivity index (χ0v) is 32.0. The highest BCUT2D eigenvalue weighted by Crippen LogP contribution is 2.19. The van der Waals surface area contributed by atoms with E-state index in [1.54, 1.807) is 72.8 Å². The number of hydrogen-bond donors (Lipinski definition) is 0. The van der Waals surface area contributed by atoms with Crippen LogP contribution in [-0.4, -0.2) is 50.7 Å². The van der Waals surface area contributed by atoms with Gasteiger partial charge in [0.2, 0.25) is 0 Å². The first-order valence-corrected chi connectivity index (χ1v) is 19.6. The maximum absolute atomic E-state index is 12.5. The van der Waals surface area contributed by atoms with E-state index in [1.165, 1.54) is 38.5 Å². The number of ether oxygens (including phenoxy) is 4. The van der Waals surface area contributed by atoms with Crippen molar-refractivity contribution in [3.8, 4) is 23.0 Å². The lowest BCUT2D eigenvalue weighted by Gasteiger charge is -2.07. The maximum Gasteiger partial charge on any atom is 0.343 e. The number of benzene rings is 4. The Labute approximate surface area is 321 Å². The molecule has 0 fully saturated rings. The van der Waals surface area contributed by atoms with Gasteiger partial charge in [-0.25, -0.2) is 9.59 Å². The molecule has 0 aliphatic carbocycles. The minimum atomic E-state index is -0.393. The van der Waals surface area contributed by atoms with E-state index in [4.69, 9.17) is 18.9 Å². The molecule has 0 saturated carbocycles. The van der Waals surface area contributed by atoms with Crippen molar-refractivity contribution in [3.63, 3.8) is 0 Å². The van der Waals surface area contributed by atoms with E-state index in [-0.39, 0.29) is 0 Å². The Hall–Kier alpha value is -5.24. The van der Waals surface area contributed by atoms with Crippen molar-refractivity contribution < 1.29 is 28.5 Å². The van der Waals surface area contributed by atoms with E-state index in [1.807, 2.05) is 36.7 Å². The monoisotopic (exact) mass is 732 g/mol. The van der Waals surface area contributed by atoms with Crippen molar-refractivity contribution in [2.75, 3.05) is 26.3 Å². The molecule has 0 heterocycles. The Bertz CT molecular complexity index is 1570. The molecule has 0 saturated heterocycles. The Kier molecular flexibility index (Phi) is 19.1. The van der Waals surface area contributed by atoms with Crippen LogP contribution in [0.2, 0.25) is 0 Å². The third kappa shape index (κ3) is 16.2. The average molecular weight is 733 g/mol. The Morgan fingerprint density at radius 2 is 0.778 bits per heavy atom. The van der Waals surface area contributed by atoms with E-state index < -0.39 is 11.9 Å². The van der Waals surface area contributed by atoms with Gasteiger partial charge in [-0.1, -0.05) is 65.2 Å². The number of carbonyl (C=O) groups excluding carboxylic acids is 2. The van der Waals surface area contributed by atoms with Crippen molar-refractivity contribution in [1.82, 2.24) is 0 Å². The van der Waals surface area contributed by atoms with Gasteiger partial charge in [-0.05, 0) is 134 Å². The van der Waals surface area contributed by atoms with Gasteiger partial charge in [0.25, 0.3) is 0 Å². The number of unbranched alkanes of at least 4 members (excludes halogenated alkanes) is 9. The smallest absolute Gasteiger partial charge is 0.343 e. The van der Waals surface area contributed by atoms with E-state index in [2.05, 4.69) is 23.8 Å². The van der Waals surface area contributed by atoms with E-state index >= 15 is 0 Å². The highest BCUT2D eigenvalue weighted by atomic mass is 16.5. The summed E-state index contributed by atoms with van der Waals surface area (Å²) in [7, 11) is 0. The topological polar surface area (TPSA) is 95.8 Å². The highest BCUT2D eigenvalue weighted by molar-refractivity contribution is 5.92. The molecule has 4 aromatic rings. The SMILES string of the molecule is CCCCOc1ccc(C(=O)Oc2ccc(C=NCCCCCCCCCCN=Cc3ccc(OC(=O)c4ccc(OCCCC)cc4)cc3)cc2)cc1. The molecule has 4 aromatic carbocycles. The molecule has 54 heavy (non-hydrogen) atoms. The normalized spacial score (nSPS) is 11.2. The fourth-order valence-corrected chi connectivity index (χ4v) is 5.43. The maximum atomic E-state index is 12.5. The van der Waals surface area contributed by atoms with Crippen LogP contribution in [0.25, 0.3) is 0 Å². The van der Waals surface area contributed by atoms with Gasteiger partial charge in [0.1, 0.15) is 23.0 Å². The molecule has 0 unspecified atom stereocenters. The first kappa shape index (κ1) is 41.5. The second kappa shape index (κ2) is 24.9. The molecule has 0 bridgehead atoms. The molecular formula is C46H56N2O6. The number of carbonyl (C=O) groups is 2. The van der Waals surface area contributed by atoms with Crippen molar-refractivity contribution in [2.45, 2.75) is 90.9 Å². The molecule has 0 aliphatic heterocycles. The average Bonchev–Trinajstić information content (AvgIpc) is 3.20. The number of nitrogens with zero attached hydrogens (tertiary/aromatic N) is 2. The van der Waals surface area contributed by atoms with Crippen LogP contribution in [0, 0.1) is 0 Å². The van der Waals surface area contributed by atoms with Crippen molar-refractivity contribution in [2.24, 2.45) is 9.98 Å². The standard InChI is InChI=1S/C46H56N2O6/c1-3-5-33-51-41-27-19-39(20-28-41)45(49)53-43-23-15-37(16-24-43)35-47-31-13-11-9-7-8-10-12-14-32-48-36-38-17-25-44(26-18-38)54-46(50)40-21-29-42(30-22-40)52-34-6-4-2/h15-30,35-36H,3-14,31-34H2,1-2H3. The van der Waals surface area contributed by atoms with Crippen LogP contribution < -0.4 is 18.9 Å². The van der Waals surface area contributed by atoms with Crippen LogP contribution in [0.15, 0.2) is 107 Å². The summed E-state index contributed by atoms with van der Waals surface area (Å²) in [5.41, 5.74) is 2.94. The molecule has 0 radical (unpaired) electrons. The minimum absolute atomic E-state index is 0.393. The molecule has 0 N–H and O–H groups in total. The second-order valence-corrected chi connectivity index (χ2v) is 13.3. The quantitative estimate of drug-likeness (QED) is 0.0291. The lowest BCUT2D eigenvalue weighted by molar-refractivity contribution is 0.0725. The lowest BCUT2D eigenvalue weighted by Crippen LogP contribution is -2.08. The van der Waals surface area contributed by atoms with Gasteiger partial charge in [0.05, 0.1) is 24.3 Å². The van der Waals surface area contributed by atoms with Crippen LogP contribution in [-0.2, 0) is 0 Å². The number of rotatable bonds is 25. The molecular weight excluding hydrogens is 677 g/mol. The van der Waals surface area contributed by atoms with Gasteiger partial charge >= 0.3 is 11.9 Å². The third-order valence-corrected chi connectivity index (χ3v) is 8.70. The predicted molar refractivity (Wildman–Crippen MR) is 218 cm³/mol. The van der Waals surface area contributed by atoms with Gasteiger partial charge in [-0.15, -0.1) is 0 Å². The first-order chi connectivity index (χ1) is 26.5. The summed E-state index contributed by atoms with van der Waals surface area (Å²) in [6, 6.07) is 28.9. The largest absolute Gasteiger partial charge is 0.494 e. The Morgan fingerprint density at radius 3 is 1.13 bits per heavy atom. The van der Waals surface area contributed by atoms with Crippen LogP contribution in [0.3, 0.4) is 0 Å². The molecule has 0 spiro atoms. The summed E-state index contributed by atoms with van der Waals surface area (Å²) in [6.07, 6.45) is 17.4. The number of esters is 2. The molecule has 0 aromatic heterocycles. The fraction of sp³-hybridized carbons (Fsp3) is 0.391. The van der Waals surface area contributed by atoms with Crippen molar-refractivity contribution in [1.29, 1.82) is 0 Å². The van der Waals surface area contributed by atoms with E-state index in [0.29, 0.717) is 35.8 Å². The van der Waals surface area contributed by atoms with E-state index in [0.717, 1.165) is 74.2 Å². The fourth-order valence-electron chi connectivity index (χ4n) is 5.43. The number of hydrogen-bond acceptors (Lipinski definition) is 8. The minimum Gasteiger partial charge on any atom is -0.494 e. The summed E-state index contributed by atoms with van der Waals surface area (Å²) < 4.78 is 22.4. The van der Waals surface area contributed by atoms with E-state index in [9.17, 15) is 9.59 Å². The third-order valence-electron chi connectivity index (χ3n) is 8.70. The summed E-state index contributed by atoms with van der Waals surface area (Å²) in [4.78, 5) is 34.1. The lowest BCUT2D eigenvalue weighted by atomic mass is 10.1. The Morgan fingerprint density at radius 1 is 0.444 bits per heavy atom. The van der Waals surface area contributed by atoms with Crippen molar-refractivity contribution in [3.05, 3.63) is 119 Å². The zero-order chi connectivity index (χ0) is 38.1. The molecule has 0 atom stereocenters. The summed E-state index contributed by atoms with van der Waals surface area (Å²) >= 11 is 0. The second-order valence-electron chi connectivity index (χ2n) is 13.3. The summed E-state index contributed by atoms with van der Waals surface area (Å²) in [5.74, 6) is 1.73. The molecule has 4 rings (SSSR count). The van der Waals surface area contributed by atoms with Crippen LogP contribution >= 0.6 is 0 Å². The van der Waals surface area contributed by atoms with Gasteiger partial charge in [0, 0.05) is 25.5 Å². The molecule has 0 aliphatic rings. The van der Waals surface area contributed by atoms with Crippen LogP contribution in [0.4, 0.5) is 0 Å². The van der Waals surface area contributed by atoms with Crippen molar-refractivity contribution >= 4 is 24.4 Å². The summed E-state index contributed by atoms with van der Waals surface area (Å²) in [6.45, 7) is 7.21. The van der Waals surface area contributed by atoms with Crippen LogP contribution in [0.5, 0.6) is 23.0 Å². The zero-order valence-electron chi connectivity index (χ0n) is 32.0. The number of aliphatic imine (C=N–C) groups is 2. The first-order valence-electron chi connectivity index (χ1n) is 19.6. The molecule has 0 amide bonds. The summed E-state index contributed by atoms with van der Waals surface area (Å²) in [5, 5.41) is 0. The van der Waals surface area contributed by atoms with Gasteiger partial charge in [0.15, 0.2) is 0 Å². The highest BCUT2D eigenvalue weighted by Gasteiger charge is 2.10. The Balaban J connectivity index is 0.982. The van der Waals surface area contributed by atoms with Gasteiger partial charge in [-0.3, -0.25) is 9.98 Å². The van der Waals surface area contributed by atoms with Gasteiger partial charge in [-0.2, -0.15) is 0 Å².